The van der Waals surface area contributed by atoms with Crippen molar-refractivity contribution in [2.24, 2.45) is 0 Å². The quantitative estimate of drug-likeness (QED) is 0.379. The molecule has 0 aliphatic rings. The minimum atomic E-state index is -2.82. The molecule has 60 valence electrons. The standard InChI is InChI=1S/C7H11BrF2/c1-2-3-4-5-6-7(8,9)10/h5-6H,2-4H2,1H3/b6-5+. The van der Waals surface area contributed by atoms with Crippen LogP contribution in [0.2, 0.25) is 0 Å². The summed E-state index contributed by atoms with van der Waals surface area (Å²) in [4.78, 5) is -2.82. The Labute approximate surface area is 68.4 Å². The highest BCUT2D eigenvalue weighted by atomic mass is 79.9. The molecule has 0 nitrogen and oxygen atoms in total. The van der Waals surface area contributed by atoms with Crippen LogP contribution in [0.15, 0.2) is 12.2 Å². The summed E-state index contributed by atoms with van der Waals surface area (Å²) >= 11 is 2.21. The molecule has 0 aromatic carbocycles. The number of allylic oxidation sites excluding steroid dienone is 2. The van der Waals surface area contributed by atoms with Crippen LogP contribution in [0.1, 0.15) is 26.2 Å². The van der Waals surface area contributed by atoms with Gasteiger partial charge in [0.05, 0.1) is 0 Å². The Morgan fingerprint density at radius 1 is 1.50 bits per heavy atom. The lowest BCUT2D eigenvalue weighted by Crippen LogP contribution is -1.96. The SMILES string of the molecule is CCCC/C=C/C(F)(F)Br. The molecule has 0 fully saturated rings. The van der Waals surface area contributed by atoms with E-state index in [0.29, 0.717) is 0 Å². The lowest BCUT2D eigenvalue weighted by Gasteiger charge is -1.98. The van der Waals surface area contributed by atoms with Crippen LogP contribution in [0.4, 0.5) is 8.78 Å². The number of halogens is 3. The number of hydrogen-bond donors (Lipinski definition) is 0. The Kier molecular flexibility index (Phi) is 4.87. The van der Waals surface area contributed by atoms with Crippen molar-refractivity contribution in [1.29, 1.82) is 0 Å². The largest absolute Gasteiger partial charge is 0.319 e. The van der Waals surface area contributed by atoms with Gasteiger partial charge in [0.25, 0.3) is 0 Å². The second-order valence-electron chi connectivity index (χ2n) is 2.09. The molecule has 0 atom stereocenters. The van der Waals surface area contributed by atoms with Gasteiger partial charge in [-0.25, -0.2) is 0 Å². The first-order valence-electron chi connectivity index (χ1n) is 3.30. The molecule has 0 saturated heterocycles. The Morgan fingerprint density at radius 2 is 2.10 bits per heavy atom. The van der Waals surface area contributed by atoms with E-state index in [4.69, 9.17) is 0 Å². The van der Waals surface area contributed by atoms with Crippen LogP contribution in [-0.4, -0.2) is 4.83 Å². The molecule has 0 aliphatic carbocycles. The Morgan fingerprint density at radius 3 is 2.50 bits per heavy atom. The molecule has 3 heteroatoms. The molecule has 0 amide bonds. The van der Waals surface area contributed by atoms with Crippen LogP contribution >= 0.6 is 15.9 Å². The molecule has 0 saturated carbocycles. The predicted octanol–water partition coefficient (Wildman–Crippen LogP) is 3.72. The highest BCUT2D eigenvalue weighted by Gasteiger charge is 2.17. The third kappa shape index (κ3) is 8.08. The molecular formula is C7H11BrF2. The molecule has 0 aromatic heterocycles. The fourth-order valence-electron chi connectivity index (χ4n) is 0.539. The van der Waals surface area contributed by atoms with Crippen LogP contribution in [0.3, 0.4) is 0 Å². The monoisotopic (exact) mass is 212 g/mol. The van der Waals surface area contributed by atoms with Gasteiger partial charge in [0, 0.05) is 0 Å². The fraction of sp³-hybridized carbons (Fsp3) is 0.714. The third-order valence-electron chi connectivity index (χ3n) is 1.03. The average molecular weight is 213 g/mol. The van der Waals surface area contributed by atoms with E-state index in [1.54, 1.807) is 0 Å². The number of unbranched alkanes of at least 4 members (excludes halogenated alkanes) is 2. The molecule has 0 rings (SSSR count). The first-order chi connectivity index (χ1) is 4.56. The van der Waals surface area contributed by atoms with Crippen LogP contribution in [0.25, 0.3) is 0 Å². The Hall–Kier alpha value is 0.0800. The van der Waals surface area contributed by atoms with Crippen molar-refractivity contribution < 1.29 is 8.78 Å². The maximum atomic E-state index is 12.0. The van der Waals surface area contributed by atoms with E-state index >= 15 is 0 Å². The molecule has 0 spiro atoms. The van der Waals surface area contributed by atoms with Gasteiger partial charge in [-0.3, -0.25) is 0 Å². The Balaban J connectivity index is 3.37. The number of rotatable bonds is 4. The van der Waals surface area contributed by atoms with E-state index in [-0.39, 0.29) is 0 Å². The van der Waals surface area contributed by atoms with Crippen molar-refractivity contribution in [1.82, 2.24) is 0 Å². The molecule has 10 heavy (non-hydrogen) atoms. The van der Waals surface area contributed by atoms with Crippen LogP contribution in [0, 0.1) is 0 Å². The van der Waals surface area contributed by atoms with Gasteiger partial charge >= 0.3 is 4.83 Å². The van der Waals surface area contributed by atoms with Gasteiger partial charge in [-0.1, -0.05) is 25.8 Å². The van der Waals surface area contributed by atoms with Crippen molar-refractivity contribution in [3.8, 4) is 0 Å². The zero-order valence-corrected chi connectivity index (χ0v) is 7.50. The maximum Gasteiger partial charge on any atom is 0.319 e. The second-order valence-corrected chi connectivity index (χ2v) is 3.14. The second kappa shape index (κ2) is 4.83. The summed E-state index contributed by atoms with van der Waals surface area (Å²) in [6, 6.07) is 0. The van der Waals surface area contributed by atoms with E-state index in [0.717, 1.165) is 25.3 Å². The molecular weight excluding hydrogens is 202 g/mol. The lowest BCUT2D eigenvalue weighted by molar-refractivity contribution is 0.171. The minimum absolute atomic E-state index is 0.734. The van der Waals surface area contributed by atoms with E-state index < -0.39 is 4.83 Å². The summed E-state index contributed by atoms with van der Waals surface area (Å²) in [7, 11) is 0. The number of alkyl halides is 3. The summed E-state index contributed by atoms with van der Waals surface area (Å²) in [6.45, 7) is 2.03. The summed E-state index contributed by atoms with van der Waals surface area (Å²) in [5, 5.41) is 0. The van der Waals surface area contributed by atoms with Gasteiger partial charge in [-0.2, -0.15) is 8.78 Å². The third-order valence-corrected chi connectivity index (χ3v) is 1.30. The van der Waals surface area contributed by atoms with Gasteiger partial charge in [0.2, 0.25) is 0 Å². The van der Waals surface area contributed by atoms with E-state index in [1.165, 1.54) is 6.08 Å². The summed E-state index contributed by atoms with van der Waals surface area (Å²) < 4.78 is 24.0. The first-order valence-corrected chi connectivity index (χ1v) is 4.10. The summed E-state index contributed by atoms with van der Waals surface area (Å²) in [5.41, 5.74) is 0. The van der Waals surface area contributed by atoms with Gasteiger partial charge in [0.1, 0.15) is 0 Å². The van der Waals surface area contributed by atoms with Gasteiger partial charge < -0.3 is 0 Å². The normalized spacial score (nSPS) is 12.8. The van der Waals surface area contributed by atoms with Crippen molar-refractivity contribution in [3.63, 3.8) is 0 Å². The van der Waals surface area contributed by atoms with Crippen molar-refractivity contribution in [2.45, 2.75) is 31.0 Å². The zero-order valence-electron chi connectivity index (χ0n) is 5.91. The van der Waals surface area contributed by atoms with E-state index in [9.17, 15) is 8.78 Å². The molecule has 0 radical (unpaired) electrons. The molecule has 0 aromatic rings. The maximum absolute atomic E-state index is 12.0. The van der Waals surface area contributed by atoms with Crippen molar-refractivity contribution >= 4 is 15.9 Å². The van der Waals surface area contributed by atoms with Crippen LogP contribution in [0.5, 0.6) is 0 Å². The molecule has 0 bridgehead atoms. The predicted molar refractivity (Wildman–Crippen MR) is 42.5 cm³/mol. The van der Waals surface area contributed by atoms with Gasteiger partial charge in [0.15, 0.2) is 0 Å². The van der Waals surface area contributed by atoms with Crippen molar-refractivity contribution in [3.05, 3.63) is 12.2 Å². The fourth-order valence-corrected chi connectivity index (χ4v) is 0.726. The molecule has 0 unspecified atom stereocenters. The molecule has 0 N–H and O–H groups in total. The Bertz CT molecular complexity index is 105. The van der Waals surface area contributed by atoms with Gasteiger partial charge in [-0.05, 0) is 28.4 Å². The van der Waals surface area contributed by atoms with Gasteiger partial charge in [-0.15, -0.1) is 0 Å². The topological polar surface area (TPSA) is 0 Å². The van der Waals surface area contributed by atoms with Crippen LogP contribution in [-0.2, 0) is 0 Å². The summed E-state index contributed by atoms with van der Waals surface area (Å²) in [5.74, 6) is 0. The highest BCUT2D eigenvalue weighted by Crippen LogP contribution is 2.23. The zero-order chi connectivity index (χ0) is 8.04. The molecule has 0 heterocycles. The van der Waals surface area contributed by atoms with Crippen molar-refractivity contribution in [2.75, 3.05) is 0 Å². The molecule has 0 aliphatic heterocycles. The smallest absolute Gasteiger partial charge is 0.189 e. The minimum Gasteiger partial charge on any atom is -0.189 e. The van der Waals surface area contributed by atoms with E-state index in [1.807, 2.05) is 6.92 Å². The number of hydrogen-bond acceptors (Lipinski definition) is 0. The van der Waals surface area contributed by atoms with E-state index in [2.05, 4.69) is 15.9 Å². The lowest BCUT2D eigenvalue weighted by atomic mass is 10.2. The first kappa shape index (κ1) is 10.1. The van der Waals surface area contributed by atoms with Crippen LogP contribution < -0.4 is 0 Å². The summed E-state index contributed by atoms with van der Waals surface area (Å²) in [6.07, 6.45) is 5.12. The average Bonchev–Trinajstić information content (AvgIpc) is 1.78. The highest BCUT2D eigenvalue weighted by molar-refractivity contribution is 9.10.